The van der Waals surface area contributed by atoms with Gasteiger partial charge in [0.05, 0.1) is 0 Å². The zero-order chi connectivity index (χ0) is 17.5. The summed E-state index contributed by atoms with van der Waals surface area (Å²) in [4.78, 5) is 14.3. The van der Waals surface area contributed by atoms with Crippen molar-refractivity contribution in [3.63, 3.8) is 0 Å². The first kappa shape index (κ1) is 16.6. The van der Waals surface area contributed by atoms with Crippen LogP contribution in [0.3, 0.4) is 0 Å². The second-order valence-corrected chi connectivity index (χ2v) is 8.00. The molecular weight excluding hydrogens is 326 g/mol. The Morgan fingerprint density at radius 1 is 1.12 bits per heavy atom. The highest BCUT2D eigenvalue weighted by Crippen LogP contribution is 2.23. The fraction of sp³-hybridized carbons (Fsp3) is 0.353. The number of carbonyl (C=O) groups excluding carboxylic acids is 1. The number of carbonyl (C=O) groups is 1. The lowest BCUT2D eigenvalue weighted by molar-refractivity contribution is 0.0649. The Morgan fingerprint density at radius 2 is 1.79 bits per heavy atom. The highest BCUT2D eigenvalue weighted by molar-refractivity contribution is 7.92. The summed E-state index contributed by atoms with van der Waals surface area (Å²) in [6.07, 6.45) is 1.53. The maximum atomic E-state index is 12.6. The molecule has 0 radical (unpaired) electrons. The Kier molecular flexibility index (Phi) is 4.13. The van der Waals surface area contributed by atoms with E-state index in [1.807, 2.05) is 32.9 Å². The van der Waals surface area contributed by atoms with Crippen LogP contribution in [-0.4, -0.2) is 36.4 Å². The zero-order valence-corrected chi connectivity index (χ0v) is 14.8. The third-order valence-electron chi connectivity index (χ3n) is 4.17. The Bertz CT molecular complexity index is 867. The van der Waals surface area contributed by atoms with Gasteiger partial charge in [-0.3, -0.25) is 9.52 Å². The molecule has 3 rings (SSSR count). The van der Waals surface area contributed by atoms with Crippen LogP contribution < -0.4 is 4.72 Å². The third kappa shape index (κ3) is 3.03. The number of aryl methyl sites for hydroxylation is 1. The van der Waals surface area contributed by atoms with Gasteiger partial charge in [-0.25, -0.2) is 8.42 Å². The maximum Gasteiger partial charge on any atom is 0.270 e. The molecule has 0 saturated heterocycles. The molecule has 128 valence electrons. The van der Waals surface area contributed by atoms with Crippen molar-refractivity contribution in [3.8, 4) is 0 Å². The van der Waals surface area contributed by atoms with E-state index in [4.69, 9.17) is 0 Å². The van der Waals surface area contributed by atoms with Gasteiger partial charge in [0.2, 0.25) is 0 Å². The monoisotopic (exact) mass is 347 g/mol. The van der Waals surface area contributed by atoms with Gasteiger partial charge in [0, 0.05) is 31.0 Å². The van der Waals surface area contributed by atoms with E-state index in [0.29, 0.717) is 24.5 Å². The average Bonchev–Trinajstić information content (AvgIpc) is 2.95. The molecule has 0 fully saturated rings. The number of hydrogen-bond acceptors (Lipinski definition) is 3. The highest BCUT2D eigenvalue weighted by atomic mass is 32.2. The lowest BCUT2D eigenvalue weighted by Gasteiger charge is -2.31. The van der Waals surface area contributed by atoms with Crippen molar-refractivity contribution in [2.75, 3.05) is 11.3 Å². The molecule has 7 heteroatoms. The molecule has 1 aliphatic heterocycles. The fourth-order valence-corrected chi connectivity index (χ4v) is 3.88. The number of rotatable bonds is 4. The topological polar surface area (TPSA) is 71.4 Å². The minimum absolute atomic E-state index is 0.0897. The number of nitrogens with one attached hydrogen (secondary N) is 1. The molecule has 1 aromatic carbocycles. The molecule has 24 heavy (non-hydrogen) atoms. The van der Waals surface area contributed by atoms with Gasteiger partial charge in [-0.15, -0.1) is 0 Å². The van der Waals surface area contributed by atoms with Crippen molar-refractivity contribution in [2.45, 2.75) is 38.3 Å². The van der Waals surface area contributed by atoms with Crippen molar-refractivity contribution in [1.82, 2.24) is 9.47 Å². The Labute approximate surface area is 142 Å². The van der Waals surface area contributed by atoms with E-state index in [1.165, 1.54) is 12.3 Å². The van der Waals surface area contributed by atoms with Crippen LogP contribution in [0.15, 0.2) is 41.4 Å². The van der Waals surface area contributed by atoms with Crippen LogP contribution in [0.1, 0.15) is 29.9 Å². The minimum atomic E-state index is -3.72. The molecule has 1 aromatic heterocycles. The number of hydrogen-bond donors (Lipinski definition) is 1. The maximum absolute atomic E-state index is 12.6. The molecule has 0 aliphatic carbocycles. The molecule has 2 heterocycles. The van der Waals surface area contributed by atoms with Crippen LogP contribution >= 0.6 is 0 Å². The number of benzene rings is 1. The van der Waals surface area contributed by atoms with Crippen molar-refractivity contribution < 1.29 is 13.2 Å². The van der Waals surface area contributed by atoms with Crippen LogP contribution in [0.25, 0.3) is 0 Å². The predicted octanol–water partition coefficient (Wildman–Crippen LogP) is 2.46. The van der Waals surface area contributed by atoms with Crippen molar-refractivity contribution in [1.29, 1.82) is 0 Å². The summed E-state index contributed by atoms with van der Waals surface area (Å²) in [5, 5.41) is 0. The summed E-state index contributed by atoms with van der Waals surface area (Å²) in [5.41, 5.74) is 1.97. The lowest BCUT2D eigenvalue weighted by Crippen LogP contribution is -2.43. The number of sulfonamides is 1. The average molecular weight is 347 g/mol. The smallest absolute Gasteiger partial charge is 0.270 e. The summed E-state index contributed by atoms with van der Waals surface area (Å²) in [6.45, 7) is 7.02. The van der Waals surface area contributed by atoms with E-state index in [-0.39, 0.29) is 16.8 Å². The van der Waals surface area contributed by atoms with Crippen LogP contribution in [-0.2, 0) is 16.6 Å². The summed E-state index contributed by atoms with van der Waals surface area (Å²) >= 11 is 0. The van der Waals surface area contributed by atoms with Gasteiger partial charge in [-0.05, 0) is 39.0 Å². The molecule has 1 N–H and O–H groups in total. The largest absolute Gasteiger partial charge is 0.340 e. The summed E-state index contributed by atoms with van der Waals surface area (Å²) in [7, 11) is -3.72. The predicted molar refractivity (Wildman–Crippen MR) is 92.6 cm³/mol. The highest BCUT2D eigenvalue weighted by Gasteiger charge is 2.29. The van der Waals surface area contributed by atoms with E-state index < -0.39 is 10.0 Å². The molecule has 2 aromatic rings. The molecule has 6 nitrogen and oxygen atoms in total. The first-order valence-corrected chi connectivity index (χ1v) is 9.37. The van der Waals surface area contributed by atoms with Crippen LogP contribution in [0.2, 0.25) is 0 Å². The normalized spacial score (nSPS) is 14.8. The van der Waals surface area contributed by atoms with Crippen molar-refractivity contribution in [3.05, 3.63) is 47.8 Å². The quantitative estimate of drug-likeness (QED) is 0.923. The van der Waals surface area contributed by atoms with E-state index >= 15 is 0 Å². The van der Waals surface area contributed by atoms with E-state index in [1.54, 1.807) is 21.6 Å². The molecule has 1 amide bonds. The van der Waals surface area contributed by atoms with Crippen molar-refractivity contribution >= 4 is 21.6 Å². The molecule has 1 aliphatic rings. The first-order chi connectivity index (χ1) is 11.3. The van der Waals surface area contributed by atoms with Gasteiger partial charge in [-0.1, -0.05) is 17.7 Å². The molecule has 0 spiro atoms. The van der Waals surface area contributed by atoms with Gasteiger partial charge < -0.3 is 9.47 Å². The number of aromatic nitrogens is 1. The summed E-state index contributed by atoms with van der Waals surface area (Å²) in [5.74, 6) is -0.131. The molecule has 0 bridgehead atoms. The first-order valence-electron chi connectivity index (χ1n) is 7.88. The summed E-state index contributed by atoms with van der Waals surface area (Å²) < 4.78 is 29.4. The number of anilines is 1. The summed E-state index contributed by atoms with van der Waals surface area (Å²) in [6, 6.07) is 8.65. The van der Waals surface area contributed by atoms with Crippen molar-refractivity contribution in [2.24, 2.45) is 0 Å². The number of nitrogens with zero attached hydrogens (tertiary/aromatic N) is 2. The van der Waals surface area contributed by atoms with Crippen LogP contribution in [0, 0.1) is 6.92 Å². The van der Waals surface area contributed by atoms with Gasteiger partial charge in [-0.2, -0.15) is 0 Å². The van der Waals surface area contributed by atoms with E-state index in [2.05, 4.69) is 4.72 Å². The number of fused-ring (bicyclic) bond motifs is 1. The lowest BCUT2D eigenvalue weighted by atomic mass is 10.2. The van der Waals surface area contributed by atoms with Gasteiger partial charge in [0.25, 0.3) is 15.9 Å². The minimum Gasteiger partial charge on any atom is -0.340 e. The van der Waals surface area contributed by atoms with E-state index in [9.17, 15) is 13.2 Å². The Hall–Kier alpha value is -2.28. The zero-order valence-electron chi connectivity index (χ0n) is 14.0. The molecule has 0 unspecified atom stereocenters. The number of amides is 1. The van der Waals surface area contributed by atoms with Crippen LogP contribution in [0.5, 0.6) is 0 Å². The third-order valence-corrected chi connectivity index (χ3v) is 5.52. The molecular formula is C17H21N3O3S. The molecule has 0 saturated carbocycles. The molecule has 0 atom stereocenters. The standard InChI is InChI=1S/C17H21N3O3S/c1-12(2)20-9-8-19-11-15(10-16(19)17(20)21)24(22,23)18-14-6-4-13(3)5-7-14/h4-7,10-12,18H,8-9H2,1-3H3. The second kappa shape index (κ2) is 5.98. The van der Waals surface area contributed by atoms with Gasteiger partial charge >= 0.3 is 0 Å². The van der Waals surface area contributed by atoms with E-state index in [0.717, 1.165) is 5.56 Å². The van der Waals surface area contributed by atoms with Gasteiger partial charge in [0.1, 0.15) is 10.6 Å². The SMILES string of the molecule is Cc1ccc(NS(=O)(=O)c2cc3n(c2)CCN(C(C)C)C3=O)cc1. The van der Waals surface area contributed by atoms with Gasteiger partial charge in [0.15, 0.2) is 0 Å². The second-order valence-electron chi connectivity index (χ2n) is 6.32. The Balaban J connectivity index is 1.89. The fourth-order valence-electron chi connectivity index (χ4n) is 2.79. The van der Waals surface area contributed by atoms with Crippen LogP contribution in [0.4, 0.5) is 5.69 Å². The Morgan fingerprint density at radius 3 is 2.42 bits per heavy atom.